The average molecular weight is 291 g/mol. The van der Waals surface area contributed by atoms with E-state index in [9.17, 15) is 9.90 Å². The topological polar surface area (TPSA) is 71.7 Å². The first-order valence-corrected chi connectivity index (χ1v) is 6.94. The fourth-order valence-corrected chi connectivity index (χ4v) is 2.09. The molecular weight excluding hydrogens is 270 g/mol. The third-order valence-electron chi connectivity index (χ3n) is 2.97. The Bertz CT molecular complexity index is 612. The molecule has 2 aromatic rings. The van der Waals surface area contributed by atoms with Crippen LogP contribution in [-0.2, 0) is 11.2 Å². The lowest BCUT2D eigenvalue weighted by molar-refractivity contribution is 0.0483. The summed E-state index contributed by atoms with van der Waals surface area (Å²) >= 11 is 0. The predicted molar refractivity (Wildman–Crippen MR) is 80.2 cm³/mol. The number of amides is 1. The summed E-state index contributed by atoms with van der Waals surface area (Å²) in [6.45, 7) is 5.22. The molecule has 5 heteroatoms. The van der Waals surface area contributed by atoms with E-state index in [2.05, 4.69) is 5.32 Å². The summed E-state index contributed by atoms with van der Waals surface area (Å²) in [5.41, 5.74) is 1.18. The molecule has 0 bridgehead atoms. The fourth-order valence-electron chi connectivity index (χ4n) is 2.09. The Hall–Kier alpha value is -2.01. The zero-order valence-corrected chi connectivity index (χ0v) is 12.6. The number of fused-ring (bicyclic) bond motifs is 1. The van der Waals surface area contributed by atoms with Crippen LogP contribution in [0.5, 0.6) is 0 Å². The first-order chi connectivity index (χ1) is 9.89. The van der Waals surface area contributed by atoms with Crippen molar-refractivity contribution in [3.63, 3.8) is 0 Å². The molecule has 0 aliphatic heterocycles. The minimum atomic E-state index is -0.563. The molecule has 0 fully saturated rings. The number of benzene rings is 1. The molecule has 21 heavy (non-hydrogen) atoms. The average Bonchev–Trinajstić information content (AvgIpc) is 2.79. The van der Waals surface area contributed by atoms with Crippen LogP contribution in [-0.4, -0.2) is 29.4 Å². The molecule has 1 aromatic carbocycles. The first kappa shape index (κ1) is 15.4. The Morgan fingerprint density at radius 3 is 2.76 bits per heavy atom. The zero-order chi connectivity index (χ0) is 15.5. The van der Waals surface area contributed by atoms with Crippen LogP contribution in [0.25, 0.3) is 11.0 Å². The normalized spacial score (nSPS) is 13.1. The number of hydrogen-bond acceptors (Lipinski definition) is 4. The Morgan fingerprint density at radius 1 is 1.38 bits per heavy atom. The molecule has 0 aliphatic rings. The van der Waals surface area contributed by atoms with E-state index in [4.69, 9.17) is 9.15 Å². The lowest BCUT2D eigenvalue weighted by Crippen LogP contribution is -2.42. The van der Waals surface area contributed by atoms with Crippen molar-refractivity contribution in [2.24, 2.45) is 0 Å². The SMILES string of the molecule is CC(C)(C)OC(=O)N[C@H](CO)Cc1coc2ccccc12. The smallest absolute Gasteiger partial charge is 0.407 e. The summed E-state index contributed by atoms with van der Waals surface area (Å²) in [6.07, 6.45) is 1.60. The van der Waals surface area contributed by atoms with E-state index in [1.54, 1.807) is 27.0 Å². The van der Waals surface area contributed by atoms with Crippen LogP contribution in [0.2, 0.25) is 0 Å². The van der Waals surface area contributed by atoms with E-state index in [1.807, 2.05) is 24.3 Å². The van der Waals surface area contributed by atoms with Gasteiger partial charge in [-0.25, -0.2) is 4.79 Å². The number of furan rings is 1. The largest absolute Gasteiger partial charge is 0.464 e. The molecule has 1 aromatic heterocycles. The van der Waals surface area contributed by atoms with Crippen LogP contribution in [0.1, 0.15) is 26.3 Å². The Kier molecular flexibility index (Phi) is 4.53. The monoisotopic (exact) mass is 291 g/mol. The highest BCUT2D eigenvalue weighted by Gasteiger charge is 2.20. The van der Waals surface area contributed by atoms with Gasteiger partial charge in [0.05, 0.1) is 18.9 Å². The van der Waals surface area contributed by atoms with Gasteiger partial charge in [0.15, 0.2) is 0 Å². The maximum Gasteiger partial charge on any atom is 0.407 e. The Labute approximate surface area is 123 Å². The highest BCUT2D eigenvalue weighted by atomic mass is 16.6. The first-order valence-electron chi connectivity index (χ1n) is 6.94. The second-order valence-corrected chi connectivity index (χ2v) is 5.99. The summed E-state index contributed by atoms with van der Waals surface area (Å²) < 4.78 is 10.6. The van der Waals surface area contributed by atoms with Crippen LogP contribution in [0, 0.1) is 0 Å². The van der Waals surface area contributed by atoms with Crippen molar-refractivity contribution in [1.29, 1.82) is 0 Å². The Balaban J connectivity index is 2.04. The van der Waals surface area contributed by atoms with Crippen molar-refractivity contribution in [3.05, 3.63) is 36.1 Å². The zero-order valence-electron chi connectivity index (χ0n) is 12.6. The van der Waals surface area contributed by atoms with Gasteiger partial charge in [-0.1, -0.05) is 18.2 Å². The van der Waals surface area contributed by atoms with Gasteiger partial charge in [0, 0.05) is 10.9 Å². The molecule has 114 valence electrons. The number of para-hydroxylation sites is 1. The van der Waals surface area contributed by atoms with E-state index in [-0.39, 0.29) is 6.61 Å². The quantitative estimate of drug-likeness (QED) is 0.908. The Morgan fingerprint density at radius 2 is 2.10 bits per heavy atom. The fraction of sp³-hybridized carbons (Fsp3) is 0.438. The number of carbonyl (C=O) groups is 1. The van der Waals surface area contributed by atoms with Crippen molar-refractivity contribution in [1.82, 2.24) is 5.32 Å². The minimum absolute atomic E-state index is 0.168. The van der Waals surface area contributed by atoms with Gasteiger partial charge in [0.1, 0.15) is 11.2 Å². The van der Waals surface area contributed by atoms with E-state index in [0.29, 0.717) is 6.42 Å². The minimum Gasteiger partial charge on any atom is -0.464 e. The van der Waals surface area contributed by atoms with Crippen LogP contribution in [0.15, 0.2) is 34.9 Å². The molecule has 0 saturated heterocycles. The van der Waals surface area contributed by atoms with Gasteiger partial charge >= 0.3 is 6.09 Å². The van der Waals surface area contributed by atoms with Crippen LogP contribution in [0.4, 0.5) is 4.79 Å². The summed E-state index contributed by atoms with van der Waals surface area (Å²) in [5, 5.41) is 13.1. The molecule has 2 rings (SSSR count). The van der Waals surface area contributed by atoms with E-state index in [1.165, 1.54) is 0 Å². The lowest BCUT2D eigenvalue weighted by Gasteiger charge is -2.22. The lowest BCUT2D eigenvalue weighted by atomic mass is 10.1. The summed E-state index contributed by atoms with van der Waals surface area (Å²) in [6, 6.07) is 7.25. The molecule has 1 amide bonds. The highest BCUT2D eigenvalue weighted by molar-refractivity contribution is 5.81. The van der Waals surface area contributed by atoms with E-state index < -0.39 is 17.7 Å². The third-order valence-corrected chi connectivity index (χ3v) is 2.97. The second kappa shape index (κ2) is 6.18. The third kappa shape index (κ3) is 4.23. The highest BCUT2D eigenvalue weighted by Crippen LogP contribution is 2.22. The van der Waals surface area contributed by atoms with Gasteiger partial charge in [-0.2, -0.15) is 0 Å². The predicted octanol–water partition coefficient (Wildman–Crippen LogP) is 2.86. The van der Waals surface area contributed by atoms with Crippen LogP contribution < -0.4 is 5.32 Å². The van der Waals surface area contributed by atoms with Gasteiger partial charge in [-0.15, -0.1) is 0 Å². The number of hydrogen-bond donors (Lipinski definition) is 2. The molecule has 0 spiro atoms. The molecule has 1 heterocycles. The molecule has 0 unspecified atom stereocenters. The maximum absolute atomic E-state index is 11.8. The number of aliphatic hydroxyl groups excluding tert-OH is 1. The summed E-state index contributed by atoms with van der Waals surface area (Å²) in [5.74, 6) is 0. The second-order valence-electron chi connectivity index (χ2n) is 5.99. The molecule has 0 saturated carbocycles. The molecular formula is C16H21NO4. The van der Waals surface area contributed by atoms with Crippen LogP contribution in [0.3, 0.4) is 0 Å². The van der Waals surface area contributed by atoms with Crippen molar-refractivity contribution in [2.75, 3.05) is 6.61 Å². The van der Waals surface area contributed by atoms with Gasteiger partial charge in [-0.3, -0.25) is 0 Å². The van der Waals surface area contributed by atoms with Crippen LogP contribution >= 0.6 is 0 Å². The number of alkyl carbamates (subject to hydrolysis) is 1. The van der Waals surface area contributed by atoms with Gasteiger partial charge < -0.3 is 19.6 Å². The molecule has 0 aliphatic carbocycles. The molecule has 2 N–H and O–H groups in total. The summed E-state index contributed by atoms with van der Waals surface area (Å²) in [4.78, 5) is 11.8. The number of carbonyl (C=O) groups excluding carboxylic acids is 1. The van der Waals surface area contributed by atoms with Crippen molar-refractivity contribution >= 4 is 17.1 Å². The number of aliphatic hydroxyl groups is 1. The summed E-state index contributed by atoms with van der Waals surface area (Å²) in [7, 11) is 0. The number of rotatable bonds is 4. The van der Waals surface area contributed by atoms with Crippen molar-refractivity contribution in [2.45, 2.75) is 38.8 Å². The standard InChI is InChI=1S/C16H21NO4/c1-16(2,3)21-15(19)17-12(9-18)8-11-10-20-14-7-5-4-6-13(11)14/h4-7,10,12,18H,8-9H2,1-3H3,(H,17,19)/t12-/m0/s1. The maximum atomic E-state index is 11.8. The van der Waals surface area contributed by atoms with Crippen molar-refractivity contribution < 1.29 is 19.1 Å². The molecule has 5 nitrogen and oxygen atoms in total. The van der Waals surface area contributed by atoms with E-state index in [0.717, 1.165) is 16.5 Å². The van der Waals surface area contributed by atoms with Gasteiger partial charge in [-0.05, 0) is 33.3 Å². The number of nitrogens with one attached hydrogen (secondary N) is 1. The van der Waals surface area contributed by atoms with E-state index >= 15 is 0 Å². The van der Waals surface area contributed by atoms with Gasteiger partial charge in [0.25, 0.3) is 0 Å². The molecule has 0 radical (unpaired) electrons. The van der Waals surface area contributed by atoms with Gasteiger partial charge in [0.2, 0.25) is 0 Å². The van der Waals surface area contributed by atoms with Crippen molar-refractivity contribution in [3.8, 4) is 0 Å². The number of ether oxygens (including phenoxy) is 1. The molecule has 1 atom stereocenters.